The van der Waals surface area contributed by atoms with Crippen molar-refractivity contribution in [3.8, 4) is 5.75 Å². The summed E-state index contributed by atoms with van der Waals surface area (Å²) in [5.74, 6) is 0.826. The van der Waals surface area contributed by atoms with Gasteiger partial charge in [0.2, 0.25) is 0 Å². The fourth-order valence-electron chi connectivity index (χ4n) is 2.59. The molecule has 1 fully saturated rings. The predicted octanol–water partition coefficient (Wildman–Crippen LogP) is 3.91. The fourth-order valence-corrected chi connectivity index (χ4v) is 2.97. The van der Waals surface area contributed by atoms with E-state index in [0.717, 1.165) is 22.0 Å². The second kappa shape index (κ2) is 6.34. The van der Waals surface area contributed by atoms with Gasteiger partial charge in [0, 0.05) is 17.5 Å². The summed E-state index contributed by atoms with van der Waals surface area (Å²) in [6.45, 7) is 2.72. The molecule has 2 aromatic carbocycles. The highest BCUT2D eigenvalue weighted by atomic mass is 79.9. The molecule has 1 saturated carbocycles. The zero-order valence-electron chi connectivity index (χ0n) is 12.0. The molecule has 112 valence electrons. The third-order valence-corrected chi connectivity index (χ3v) is 4.29. The van der Waals surface area contributed by atoms with Crippen molar-refractivity contribution in [1.82, 2.24) is 0 Å². The summed E-state index contributed by atoms with van der Waals surface area (Å²) >= 11 is 3.47. The van der Waals surface area contributed by atoms with Gasteiger partial charge in [0.1, 0.15) is 18.0 Å². The molecule has 0 heterocycles. The number of ether oxygens (including phenoxy) is 2. The maximum absolute atomic E-state index is 9.77. The molecule has 0 aromatic heterocycles. The van der Waals surface area contributed by atoms with Crippen LogP contribution < -0.4 is 4.74 Å². The minimum atomic E-state index is -0.405. The van der Waals surface area contributed by atoms with Crippen LogP contribution in [-0.2, 0) is 4.74 Å². The van der Waals surface area contributed by atoms with E-state index in [1.807, 2.05) is 24.3 Å². The van der Waals surface area contributed by atoms with Gasteiger partial charge in [-0.15, -0.1) is 0 Å². The van der Waals surface area contributed by atoms with Gasteiger partial charge in [0.25, 0.3) is 0 Å². The smallest absolute Gasteiger partial charge is 0.130 e. The van der Waals surface area contributed by atoms with Gasteiger partial charge in [0.15, 0.2) is 0 Å². The minimum Gasteiger partial charge on any atom is -0.487 e. The van der Waals surface area contributed by atoms with Crippen LogP contribution in [0.3, 0.4) is 0 Å². The molecule has 0 radical (unpaired) electrons. The molecule has 0 amide bonds. The van der Waals surface area contributed by atoms with Crippen molar-refractivity contribution in [1.29, 1.82) is 0 Å². The Morgan fingerprint density at radius 1 is 1.19 bits per heavy atom. The summed E-state index contributed by atoms with van der Waals surface area (Å²) in [5.41, 5.74) is 0. The normalized spacial score (nSPS) is 24.8. The lowest BCUT2D eigenvalue weighted by molar-refractivity contribution is -0.162. The van der Waals surface area contributed by atoms with E-state index in [-0.39, 0.29) is 12.2 Å². The van der Waals surface area contributed by atoms with Crippen LogP contribution in [0.15, 0.2) is 40.9 Å². The van der Waals surface area contributed by atoms with E-state index in [1.165, 1.54) is 5.39 Å². The zero-order chi connectivity index (χ0) is 14.8. The number of hydrogen-bond donors (Lipinski definition) is 1. The molecule has 1 aliphatic rings. The minimum absolute atomic E-state index is 0.0561. The first kappa shape index (κ1) is 14.8. The third kappa shape index (κ3) is 3.23. The highest BCUT2D eigenvalue weighted by Gasteiger charge is 2.42. The number of halogens is 1. The summed E-state index contributed by atoms with van der Waals surface area (Å²) in [4.78, 5) is 0. The maximum Gasteiger partial charge on any atom is 0.130 e. The molecule has 2 aromatic rings. The summed E-state index contributed by atoms with van der Waals surface area (Å²) in [5, 5.41) is 12.1. The molecule has 0 aliphatic heterocycles. The van der Waals surface area contributed by atoms with Gasteiger partial charge < -0.3 is 14.6 Å². The lowest BCUT2D eigenvalue weighted by atomic mass is 9.88. The maximum atomic E-state index is 9.77. The number of aliphatic hydroxyl groups excluding tert-OH is 1. The molecule has 4 heteroatoms. The van der Waals surface area contributed by atoms with Crippen molar-refractivity contribution in [2.45, 2.75) is 38.1 Å². The average molecular weight is 351 g/mol. The second-order valence-corrected chi connectivity index (χ2v) is 6.36. The van der Waals surface area contributed by atoms with Crippen LogP contribution in [-0.4, -0.2) is 30.0 Å². The Kier molecular flexibility index (Phi) is 4.48. The number of fused-ring (bicyclic) bond motifs is 1. The standard InChI is InChI=1S/C17H19BrO3/c1-2-7-20-17-15(19)10-16(17)21-14-6-4-11-8-13(18)5-3-12(11)9-14/h3-6,8-9,15-17,19H,2,7,10H2,1H3. The van der Waals surface area contributed by atoms with Crippen molar-refractivity contribution in [2.75, 3.05) is 6.61 Å². The first-order valence-corrected chi connectivity index (χ1v) is 8.12. The van der Waals surface area contributed by atoms with Crippen molar-refractivity contribution in [3.63, 3.8) is 0 Å². The Labute approximate surface area is 133 Å². The van der Waals surface area contributed by atoms with Gasteiger partial charge in [-0.25, -0.2) is 0 Å². The molecule has 3 unspecified atom stereocenters. The van der Waals surface area contributed by atoms with Gasteiger partial charge in [-0.3, -0.25) is 0 Å². The summed E-state index contributed by atoms with van der Waals surface area (Å²) < 4.78 is 12.7. The molecule has 0 spiro atoms. The monoisotopic (exact) mass is 350 g/mol. The lowest BCUT2D eigenvalue weighted by Crippen LogP contribution is -2.55. The Balaban J connectivity index is 1.71. The molecule has 3 atom stereocenters. The van der Waals surface area contributed by atoms with Crippen LogP contribution >= 0.6 is 15.9 Å². The quantitative estimate of drug-likeness (QED) is 0.888. The molecule has 1 N–H and O–H groups in total. The second-order valence-electron chi connectivity index (χ2n) is 5.45. The molecule has 3 rings (SSSR count). The Bertz CT molecular complexity index is 628. The van der Waals surface area contributed by atoms with E-state index in [0.29, 0.717) is 13.0 Å². The van der Waals surface area contributed by atoms with Crippen LogP contribution in [0.5, 0.6) is 5.75 Å². The van der Waals surface area contributed by atoms with Gasteiger partial charge >= 0.3 is 0 Å². The Morgan fingerprint density at radius 3 is 2.71 bits per heavy atom. The van der Waals surface area contributed by atoms with Gasteiger partial charge in [-0.1, -0.05) is 35.0 Å². The molecule has 0 bridgehead atoms. The molecule has 0 saturated heterocycles. The first-order chi connectivity index (χ1) is 10.2. The van der Waals surface area contributed by atoms with Gasteiger partial charge in [-0.05, 0) is 41.5 Å². The summed E-state index contributed by atoms with van der Waals surface area (Å²) in [7, 11) is 0. The van der Waals surface area contributed by atoms with Crippen LogP contribution in [0.1, 0.15) is 19.8 Å². The van der Waals surface area contributed by atoms with Crippen LogP contribution in [0, 0.1) is 0 Å². The SMILES string of the molecule is CCCOC1C(O)CC1Oc1ccc2cc(Br)ccc2c1. The van der Waals surface area contributed by atoms with Crippen molar-refractivity contribution >= 4 is 26.7 Å². The van der Waals surface area contributed by atoms with E-state index < -0.39 is 6.10 Å². The van der Waals surface area contributed by atoms with Crippen LogP contribution in [0.2, 0.25) is 0 Å². The highest BCUT2D eigenvalue weighted by molar-refractivity contribution is 9.10. The highest BCUT2D eigenvalue weighted by Crippen LogP contribution is 2.31. The topological polar surface area (TPSA) is 38.7 Å². The zero-order valence-corrected chi connectivity index (χ0v) is 13.5. The van der Waals surface area contributed by atoms with Crippen molar-refractivity contribution in [2.24, 2.45) is 0 Å². The number of aliphatic hydroxyl groups is 1. The Morgan fingerprint density at radius 2 is 1.95 bits per heavy atom. The third-order valence-electron chi connectivity index (χ3n) is 3.80. The predicted molar refractivity (Wildman–Crippen MR) is 86.7 cm³/mol. The average Bonchev–Trinajstić information content (AvgIpc) is 2.47. The largest absolute Gasteiger partial charge is 0.487 e. The van der Waals surface area contributed by atoms with Crippen molar-refractivity contribution in [3.05, 3.63) is 40.9 Å². The summed E-state index contributed by atoms with van der Waals surface area (Å²) in [6, 6.07) is 12.2. The Hall–Kier alpha value is -1.10. The summed E-state index contributed by atoms with van der Waals surface area (Å²) in [6.07, 6.45) is 0.913. The molecular weight excluding hydrogens is 332 g/mol. The van der Waals surface area contributed by atoms with Crippen molar-refractivity contribution < 1.29 is 14.6 Å². The van der Waals surface area contributed by atoms with Crippen LogP contribution in [0.25, 0.3) is 10.8 Å². The number of benzene rings is 2. The van der Waals surface area contributed by atoms with Crippen LogP contribution in [0.4, 0.5) is 0 Å². The van der Waals surface area contributed by atoms with Gasteiger partial charge in [-0.2, -0.15) is 0 Å². The van der Waals surface area contributed by atoms with E-state index >= 15 is 0 Å². The number of rotatable bonds is 5. The van der Waals surface area contributed by atoms with Gasteiger partial charge in [0.05, 0.1) is 6.10 Å². The van der Waals surface area contributed by atoms with E-state index in [1.54, 1.807) is 0 Å². The molecule has 21 heavy (non-hydrogen) atoms. The molecule has 3 nitrogen and oxygen atoms in total. The fraction of sp³-hybridized carbons (Fsp3) is 0.412. The molecule has 1 aliphatic carbocycles. The van der Waals surface area contributed by atoms with E-state index in [9.17, 15) is 5.11 Å². The van der Waals surface area contributed by atoms with E-state index in [2.05, 4.69) is 35.0 Å². The van der Waals surface area contributed by atoms with E-state index in [4.69, 9.17) is 9.47 Å². The first-order valence-electron chi connectivity index (χ1n) is 7.33. The lowest BCUT2D eigenvalue weighted by Gasteiger charge is -2.40. The number of hydrogen-bond acceptors (Lipinski definition) is 3. The molecular formula is C17H19BrO3.